The van der Waals surface area contributed by atoms with Crippen LogP contribution in [0, 0.1) is 0 Å². The molecule has 1 N–H and O–H groups in total. The lowest BCUT2D eigenvalue weighted by Gasteiger charge is -2.19. The number of para-hydroxylation sites is 1. The van der Waals surface area contributed by atoms with Gasteiger partial charge in [-0.15, -0.1) is 16.4 Å². The minimum atomic E-state index is -0.329. The van der Waals surface area contributed by atoms with E-state index in [9.17, 15) is 4.79 Å². The SMILES string of the molecule is O=C(CSc1n[nH]c(-c2cccs2)n1)N1N=C(c2cc3ccccc3o2)CC1c1ccco1. The number of fused-ring (bicyclic) bond motifs is 1. The van der Waals surface area contributed by atoms with Gasteiger partial charge in [-0.2, -0.15) is 5.10 Å². The molecule has 0 spiro atoms. The largest absolute Gasteiger partial charge is 0.467 e. The zero-order valence-corrected chi connectivity index (χ0v) is 18.8. The fourth-order valence-corrected chi connectivity index (χ4v) is 5.06. The molecule has 10 heteroatoms. The Hall–Kier alpha value is -3.63. The summed E-state index contributed by atoms with van der Waals surface area (Å²) in [5.74, 6) is 2.02. The number of hydrogen-bond donors (Lipinski definition) is 1. The molecule has 0 radical (unpaired) electrons. The van der Waals surface area contributed by atoms with Crippen LogP contribution in [0.25, 0.3) is 21.7 Å². The summed E-state index contributed by atoms with van der Waals surface area (Å²) < 4.78 is 11.6. The van der Waals surface area contributed by atoms with Gasteiger partial charge in [0.2, 0.25) is 5.16 Å². The first-order valence-corrected chi connectivity index (χ1v) is 12.1. The Labute approximate surface area is 196 Å². The molecule has 1 aliphatic heterocycles. The fraction of sp³-hybridized carbons (Fsp3) is 0.130. The van der Waals surface area contributed by atoms with Crippen LogP contribution in [-0.2, 0) is 4.79 Å². The van der Waals surface area contributed by atoms with Crippen LogP contribution in [0.4, 0.5) is 0 Å². The zero-order chi connectivity index (χ0) is 22.2. The number of thioether (sulfide) groups is 1. The smallest absolute Gasteiger partial charge is 0.253 e. The molecule has 33 heavy (non-hydrogen) atoms. The van der Waals surface area contributed by atoms with E-state index in [1.165, 1.54) is 16.8 Å². The number of rotatable bonds is 6. The van der Waals surface area contributed by atoms with Crippen LogP contribution in [0.1, 0.15) is 24.0 Å². The number of hydrazone groups is 1. The lowest BCUT2D eigenvalue weighted by molar-refractivity contribution is -0.130. The summed E-state index contributed by atoms with van der Waals surface area (Å²) >= 11 is 2.85. The summed E-state index contributed by atoms with van der Waals surface area (Å²) in [4.78, 5) is 18.6. The van der Waals surface area contributed by atoms with Gasteiger partial charge >= 0.3 is 0 Å². The van der Waals surface area contributed by atoms with Crippen molar-refractivity contribution in [2.75, 3.05) is 5.75 Å². The average molecular weight is 476 g/mol. The lowest BCUT2D eigenvalue weighted by Crippen LogP contribution is -2.28. The van der Waals surface area contributed by atoms with E-state index in [2.05, 4.69) is 20.3 Å². The molecular weight excluding hydrogens is 458 g/mol. The van der Waals surface area contributed by atoms with Crippen molar-refractivity contribution in [2.45, 2.75) is 17.6 Å². The number of thiophene rings is 1. The van der Waals surface area contributed by atoms with Crippen LogP contribution in [0.2, 0.25) is 0 Å². The number of benzene rings is 1. The van der Waals surface area contributed by atoms with E-state index < -0.39 is 0 Å². The number of nitrogens with zero attached hydrogens (tertiary/aromatic N) is 4. The van der Waals surface area contributed by atoms with Crippen molar-refractivity contribution in [1.29, 1.82) is 0 Å². The minimum absolute atomic E-state index is 0.149. The fourth-order valence-electron chi connectivity index (χ4n) is 3.74. The normalized spacial score (nSPS) is 15.9. The zero-order valence-electron chi connectivity index (χ0n) is 17.2. The second kappa shape index (κ2) is 8.38. The van der Waals surface area contributed by atoms with Crippen LogP contribution in [0.15, 0.2) is 85.3 Å². The van der Waals surface area contributed by atoms with Gasteiger partial charge in [0.15, 0.2) is 11.6 Å². The highest BCUT2D eigenvalue weighted by Crippen LogP contribution is 2.35. The first-order chi connectivity index (χ1) is 16.2. The Morgan fingerprint density at radius 1 is 1.21 bits per heavy atom. The standard InChI is InChI=1S/C23H17N5O3S2/c29-21(13-33-23-24-22(25-26-23)20-8-4-10-32-20)28-16(18-7-3-9-30-18)12-15(27-28)19-11-14-5-1-2-6-17(14)31-19/h1-11,16H,12-13H2,(H,24,25,26). The molecule has 0 fully saturated rings. The summed E-state index contributed by atoms with van der Waals surface area (Å²) in [7, 11) is 0. The summed E-state index contributed by atoms with van der Waals surface area (Å²) in [6, 6.07) is 17.0. The Bertz CT molecular complexity index is 1400. The molecule has 5 aromatic rings. The molecule has 0 saturated heterocycles. The molecule has 0 bridgehead atoms. The van der Waals surface area contributed by atoms with Gasteiger partial charge in [0.05, 0.1) is 16.9 Å². The summed E-state index contributed by atoms with van der Waals surface area (Å²) in [6.45, 7) is 0. The highest BCUT2D eigenvalue weighted by atomic mass is 32.2. The number of aromatic nitrogens is 3. The van der Waals surface area contributed by atoms with Crippen molar-refractivity contribution in [1.82, 2.24) is 20.2 Å². The van der Waals surface area contributed by atoms with Gasteiger partial charge in [-0.25, -0.2) is 9.99 Å². The van der Waals surface area contributed by atoms with Crippen molar-refractivity contribution >= 4 is 45.7 Å². The lowest BCUT2D eigenvalue weighted by atomic mass is 10.1. The topological polar surface area (TPSA) is 101 Å². The van der Waals surface area contributed by atoms with Crippen molar-refractivity contribution in [3.05, 3.63) is 77.8 Å². The molecule has 8 nitrogen and oxygen atoms in total. The molecule has 1 amide bonds. The molecule has 1 atom stereocenters. The maximum atomic E-state index is 13.2. The Balaban J connectivity index is 1.23. The number of aromatic amines is 1. The van der Waals surface area contributed by atoms with E-state index in [4.69, 9.17) is 8.83 Å². The van der Waals surface area contributed by atoms with Crippen molar-refractivity contribution in [3.8, 4) is 10.7 Å². The molecule has 1 unspecified atom stereocenters. The molecule has 5 heterocycles. The quantitative estimate of drug-likeness (QED) is 0.333. The number of furan rings is 2. The second-order valence-corrected chi connectivity index (χ2v) is 9.29. The Kier molecular flexibility index (Phi) is 5.08. The van der Waals surface area contributed by atoms with Crippen molar-refractivity contribution in [2.24, 2.45) is 5.10 Å². The molecule has 164 valence electrons. The average Bonchev–Trinajstić information content (AvgIpc) is 3.66. The van der Waals surface area contributed by atoms with E-state index in [0.717, 1.165) is 15.8 Å². The molecule has 4 aromatic heterocycles. The number of amides is 1. The number of nitrogens with one attached hydrogen (secondary N) is 1. The van der Waals surface area contributed by atoms with E-state index in [1.54, 1.807) is 17.6 Å². The van der Waals surface area contributed by atoms with Gasteiger partial charge in [-0.3, -0.25) is 9.89 Å². The van der Waals surface area contributed by atoms with Gasteiger partial charge in [0.25, 0.3) is 5.91 Å². The van der Waals surface area contributed by atoms with Crippen LogP contribution in [-0.4, -0.2) is 37.6 Å². The number of carbonyl (C=O) groups is 1. The number of H-pyrrole nitrogens is 1. The van der Waals surface area contributed by atoms with Gasteiger partial charge in [0.1, 0.15) is 23.1 Å². The summed E-state index contributed by atoms with van der Waals surface area (Å²) in [6.07, 6.45) is 2.11. The first-order valence-electron chi connectivity index (χ1n) is 10.3. The predicted molar refractivity (Wildman–Crippen MR) is 126 cm³/mol. The summed E-state index contributed by atoms with van der Waals surface area (Å²) in [5, 5.41) is 16.8. The second-order valence-electron chi connectivity index (χ2n) is 7.40. The minimum Gasteiger partial charge on any atom is -0.467 e. The van der Waals surface area contributed by atoms with Gasteiger partial charge in [-0.1, -0.05) is 36.0 Å². The molecular formula is C23H17N5O3S2. The molecule has 1 aromatic carbocycles. The number of carbonyl (C=O) groups excluding carboxylic acids is 1. The highest BCUT2D eigenvalue weighted by Gasteiger charge is 2.36. The molecule has 0 aliphatic carbocycles. The monoisotopic (exact) mass is 475 g/mol. The van der Waals surface area contributed by atoms with Gasteiger partial charge in [0, 0.05) is 11.8 Å². The van der Waals surface area contributed by atoms with Crippen molar-refractivity contribution < 1.29 is 13.6 Å². The Morgan fingerprint density at radius 2 is 2.15 bits per heavy atom. The Morgan fingerprint density at radius 3 is 2.97 bits per heavy atom. The van der Waals surface area contributed by atoms with Crippen LogP contribution in [0.3, 0.4) is 0 Å². The molecule has 1 aliphatic rings. The van der Waals surface area contributed by atoms with Crippen LogP contribution in [0.5, 0.6) is 0 Å². The van der Waals surface area contributed by atoms with E-state index in [-0.39, 0.29) is 17.7 Å². The number of hydrogen-bond acceptors (Lipinski definition) is 8. The van der Waals surface area contributed by atoms with E-state index >= 15 is 0 Å². The maximum absolute atomic E-state index is 13.2. The maximum Gasteiger partial charge on any atom is 0.253 e. The van der Waals surface area contributed by atoms with Crippen LogP contribution >= 0.6 is 23.1 Å². The third-order valence-electron chi connectivity index (χ3n) is 5.29. The van der Waals surface area contributed by atoms with Crippen LogP contribution < -0.4 is 0 Å². The van der Waals surface area contributed by atoms with Gasteiger partial charge in [-0.05, 0) is 35.7 Å². The van der Waals surface area contributed by atoms with E-state index in [1.807, 2.05) is 60.0 Å². The van der Waals surface area contributed by atoms with Gasteiger partial charge < -0.3 is 8.83 Å². The summed E-state index contributed by atoms with van der Waals surface area (Å²) in [5.41, 5.74) is 1.50. The third kappa shape index (κ3) is 3.87. The third-order valence-corrected chi connectivity index (χ3v) is 7.00. The highest BCUT2D eigenvalue weighted by molar-refractivity contribution is 7.99. The molecule has 0 saturated carbocycles. The van der Waals surface area contributed by atoms with Crippen molar-refractivity contribution in [3.63, 3.8) is 0 Å². The van der Waals surface area contributed by atoms with E-state index in [0.29, 0.717) is 34.6 Å². The first kappa shape index (κ1) is 20.0. The molecule has 6 rings (SSSR count). The predicted octanol–water partition coefficient (Wildman–Crippen LogP) is 5.34.